The molecule has 22 heavy (non-hydrogen) atoms. The van der Waals surface area contributed by atoms with Crippen molar-refractivity contribution >= 4 is 23.2 Å². The van der Waals surface area contributed by atoms with Crippen LogP contribution in [0.4, 0.5) is 11.4 Å². The second-order valence-corrected chi connectivity index (χ2v) is 5.81. The molecule has 1 unspecified atom stereocenters. The Morgan fingerprint density at radius 3 is 2.27 bits per heavy atom. The average Bonchev–Trinajstić information content (AvgIpc) is 2.46. The number of anilines is 2. The van der Waals surface area contributed by atoms with Crippen LogP contribution in [0.2, 0.25) is 0 Å². The maximum atomic E-state index is 12.0. The van der Waals surface area contributed by atoms with Gasteiger partial charge < -0.3 is 15.0 Å². The van der Waals surface area contributed by atoms with Crippen LogP contribution in [0.1, 0.15) is 34.1 Å². The van der Waals surface area contributed by atoms with Gasteiger partial charge in [-0.3, -0.25) is 9.59 Å². The van der Waals surface area contributed by atoms with Crippen LogP contribution in [-0.4, -0.2) is 31.6 Å². The van der Waals surface area contributed by atoms with Gasteiger partial charge in [0.05, 0.1) is 0 Å². The summed E-state index contributed by atoms with van der Waals surface area (Å²) in [6, 6.07) is 7.13. The van der Waals surface area contributed by atoms with Crippen molar-refractivity contribution in [1.29, 1.82) is 0 Å². The number of hydrogen-bond acceptors (Lipinski definition) is 3. The fourth-order valence-corrected chi connectivity index (χ4v) is 1.75. The lowest BCUT2D eigenvalue weighted by molar-refractivity contribution is -0.126. The Hall–Kier alpha value is -1.88. The number of nitrogens with zero attached hydrogens (tertiary/aromatic N) is 1. The summed E-state index contributed by atoms with van der Waals surface area (Å²) in [5, 5.41) is 2.81. The summed E-state index contributed by atoms with van der Waals surface area (Å²) in [5.41, 5.74) is 1.47. The molecule has 1 N–H and O–H groups in total. The van der Waals surface area contributed by atoms with Gasteiger partial charge in [0.1, 0.15) is 6.10 Å². The number of benzene rings is 1. The SMILES string of the molecule is CC(=O)N(C)c1ccc(NC(=O)C(C)OCCC(C)C)cc1. The minimum absolute atomic E-state index is 0.0380. The number of ether oxygens (including phenoxy) is 1. The highest BCUT2D eigenvalue weighted by atomic mass is 16.5. The van der Waals surface area contributed by atoms with E-state index < -0.39 is 6.10 Å². The molecule has 0 aliphatic rings. The van der Waals surface area contributed by atoms with E-state index in [9.17, 15) is 9.59 Å². The van der Waals surface area contributed by atoms with Crippen LogP contribution < -0.4 is 10.2 Å². The second-order valence-electron chi connectivity index (χ2n) is 5.81. The monoisotopic (exact) mass is 306 g/mol. The van der Waals surface area contributed by atoms with Gasteiger partial charge in [-0.15, -0.1) is 0 Å². The molecular formula is C17H26N2O3. The summed E-state index contributed by atoms with van der Waals surface area (Å²) in [6.45, 7) is 8.06. The summed E-state index contributed by atoms with van der Waals surface area (Å²) >= 11 is 0. The van der Waals surface area contributed by atoms with Gasteiger partial charge in [-0.1, -0.05) is 13.8 Å². The van der Waals surface area contributed by atoms with Crippen molar-refractivity contribution in [2.45, 2.75) is 40.2 Å². The number of hydrogen-bond donors (Lipinski definition) is 1. The van der Waals surface area contributed by atoms with E-state index in [1.165, 1.54) is 6.92 Å². The van der Waals surface area contributed by atoms with Crippen molar-refractivity contribution < 1.29 is 14.3 Å². The molecule has 0 bridgehead atoms. The third-order valence-corrected chi connectivity index (χ3v) is 3.43. The molecule has 1 rings (SSSR count). The number of carbonyl (C=O) groups excluding carboxylic acids is 2. The molecule has 0 spiro atoms. The van der Waals surface area contributed by atoms with Gasteiger partial charge in [0, 0.05) is 32.0 Å². The van der Waals surface area contributed by atoms with Crippen molar-refractivity contribution in [3.8, 4) is 0 Å². The van der Waals surface area contributed by atoms with Gasteiger partial charge in [0.25, 0.3) is 5.91 Å². The van der Waals surface area contributed by atoms with Gasteiger partial charge in [-0.2, -0.15) is 0 Å². The standard InChI is InChI=1S/C17H26N2O3/c1-12(2)10-11-22-13(3)17(21)18-15-6-8-16(9-7-15)19(5)14(4)20/h6-9,12-13H,10-11H2,1-5H3,(H,18,21). The minimum Gasteiger partial charge on any atom is -0.369 e. The number of nitrogens with one attached hydrogen (secondary N) is 1. The van der Waals surface area contributed by atoms with Gasteiger partial charge in [-0.25, -0.2) is 0 Å². The third-order valence-electron chi connectivity index (χ3n) is 3.43. The molecule has 122 valence electrons. The van der Waals surface area contributed by atoms with Gasteiger partial charge in [0.15, 0.2) is 0 Å². The van der Waals surface area contributed by atoms with Crippen LogP contribution in [0.3, 0.4) is 0 Å². The van der Waals surface area contributed by atoms with Crippen molar-refractivity contribution in [1.82, 2.24) is 0 Å². The number of carbonyl (C=O) groups is 2. The van der Waals surface area contributed by atoms with Crippen LogP contribution in [-0.2, 0) is 14.3 Å². The number of amides is 2. The zero-order valence-electron chi connectivity index (χ0n) is 14.1. The molecule has 0 aromatic heterocycles. The van der Waals surface area contributed by atoms with E-state index in [2.05, 4.69) is 19.2 Å². The quantitative estimate of drug-likeness (QED) is 0.842. The van der Waals surface area contributed by atoms with Gasteiger partial charge in [-0.05, 0) is 43.5 Å². The third kappa shape index (κ3) is 5.85. The molecule has 0 saturated heterocycles. The first-order chi connectivity index (χ1) is 10.3. The summed E-state index contributed by atoms with van der Waals surface area (Å²) in [5.74, 6) is 0.349. The van der Waals surface area contributed by atoms with E-state index in [1.807, 2.05) is 0 Å². The maximum Gasteiger partial charge on any atom is 0.253 e. The van der Waals surface area contributed by atoms with E-state index in [0.29, 0.717) is 18.2 Å². The fourth-order valence-electron chi connectivity index (χ4n) is 1.75. The second kappa shape index (κ2) is 8.54. The summed E-state index contributed by atoms with van der Waals surface area (Å²) in [6.07, 6.45) is 0.447. The highest BCUT2D eigenvalue weighted by Gasteiger charge is 2.14. The molecule has 0 radical (unpaired) electrons. The van der Waals surface area contributed by atoms with Crippen molar-refractivity contribution in [3.05, 3.63) is 24.3 Å². The van der Waals surface area contributed by atoms with Crippen molar-refractivity contribution in [3.63, 3.8) is 0 Å². The lowest BCUT2D eigenvalue weighted by Gasteiger charge is -2.16. The van der Waals surface area contributed by atoms with Crippen molar-refractivity contribution in [2.75, 3.05) is 23.9 Å². The highest BCUT2D eigenvalue weighted by molar-refractivity contribution is 5.95. The Bertz CT molecular complexity index is 497. The van der Waals surface area contributed by atoms with E-state index in [0.717, 1.165) is 12.1 Å². The molecule has 0 saturated carbocycles. The largest absolute Gasteiger partial charge is 0.369 e. The average molecular weight is 306 g/mol. The smallest absolute Gasteiger partial charge is 0.253 e. The molecule has 0 aliphatic carbocycles. The molecule has 1 atom stereocenters. The van der Waals surface area contributed by atoms with Crippen LogP contribution in [0.5, 0.6) is 0 Å². The van der Waals surface area contributed by atoms with Gasteiger partial charge in [0.2, 0.25) is 5.91 Å². The van der Waals surface area contributed by atoms with E-state index in [-0.39, 0.29) is 11.8 Å². The molecule has 5 nitrogen and oxygen atoms in total. The Labute approximate surface area is 132 Å². The lowest BCUT2D eigenvalue weighted by Crippen LogP contribution is -2.28. The zero-order chi connectivity index (χ0) is 16.7. The Balaban J connectivity index is 2.52. The molecule has 1 aromatic rings. The first-order valence-corrected chi connectivity index (χ1v) is 7.58. The summed E-state index contributed by atoms with van der Waals surface area (Å²) in [7, 11) is 1.71. The van der Waals surface area contributed by atoms with Gasteiger partial charge >= 0.3 is 0 Å². The maximum absolute atomic E-state index is 12.0. The van der Waals surface area contributed by atoms with Crippen LogP contribution in [0, 0.1) is 5.92 Å². The molecular weight excluding hydrogens is 280 g/mol. The lowest BCUT2D eigenvalue weighted by atomic mass is 10.1. The van der Waals surface area contributed by atoms with E-state index in [1.54, 1.807) is 43.1 Å². The first kappa shape index (κ1) is 18.2. The molecule has 2 amide bonds. The normalized spacial score (nSPS) is 12.1. The molecule has 0 fully saturated rings. The van der Waals surface area contributed by atoms with Crippen LogP contribution >= 0.6 is 0 Å². The topological polar surface area (TPSA) is 58.6 Å². The van der Waals surface area contributed by atoms with Crippen molar-refractivity contribution in [2.24, 2.45) is 5.92 Å². The van der Waals surface area contributed by atoms with E-state index in [4.69, 9.17) is 4.74 Å². The molecule has 5 heteroatoms. The van der Waals surface area contributed by atoms with Crippen LogP contribution in [0.25, 0.3) is 0 Å². The zero-order valence-corrected chi connectivity index (χ0v) is 14.1. The van der Waals surface area contributed by atoms with Crippen LogP contribution in [0.15, 0.2) is 24.3 Å². The molecule has 0 heterocycles. The summed E-state index contributed by atoms with van der Waals surface area (Å²) < 4.78 is 5.52. The Morgan fingerprint density at radius 1 is 1.18 bits per heavy atom. The fraction of sp³-hybridized carbons (Fsp3) is 0.529. The first-order valence-electron chi connectivity index (χ1n) is 7.58. The highest BCUT2D eigenvalue weighted by Crippen LogP contribution is 2.17. The molecule has 0 aliphatic heterocycles. The Morgan fingerprint density at radius 2 is 1.77 bits per heavy atom. The predicted molar refractivity (Wildman–Crippen MR) is 89.0 cm³/mol. The molecule has 1 aromatic carbocycles. The number of rotatable bonds is 7. The van der Waals surface area contributed by atoms with E-state index >= 15 is 0 Å². The minimum atomic E-state index is -0.488. The summed E-state index contributed by atoms with van der Waals surface area (Å²) in [4.78, 5) is 24.8. The Kier molecular flexibility index (Phi) is 7.05. The predicted octanol–water partition coefficient (Wildman–Crippen LogP) is 3.06.